The lowest BCUT2D eigenvalue weighted by Gasteiger charge is -2.32. The third kappa shape index (κ3) is 3.81. The summed E-state index contributed by atoms with van der Waals surface area (Å²) in [6.07, 6.45) is 0.546. The molecule has 1 aromatic carbocycles. The highest BCUT2D eigenvalue weighted by Crippen LogP contribution is 2.21. The van der Waals surface area contributed by atoms with Crippen LogP contribution in [0.1, 0.15) is 30.6 Å². The molecular formula is C16H24N2O2. The second-order valence-electron chi connectivity index (χ2n) is 5.19. The molecule has 1 fully saturated rings. The summed E-state index contributed by atoms with van der Waals surface area (Å²) in [5, 5.41) is 3.33. The van der Waals surface area contributed by atoms with Crippen LogP contribution >= 0.6 is 0 Å². The molecule has 1 N–H and O–H groups in total. The molecule has 0 spiro atoms. The lowest BCUT2D eigenvalue weighted by molar-refractivity contribution is 0.0914. The van der Waals surface area contributed by atoms with Crippen molar-refractivity contribution in [3.8, 4) is 5.75 Å². The maximum Gasteiger partial charge on any atom is 0.168 e. The van der Waals surface area contributed by atoms with Crippen LogP contribution in [0.25, 0.3) is 0 Å². The monoisotopic (exact) mass is 276 g/mol. The van der Waals surface area contributed by atoms with Crippen molar-refractivity contribution in [2.45, 2.75) is 26.3 Å². The Kier molecular flexibility index (Phi) is 5.56. The van der Waals surface area contributed by atoms with Gasteiger partial charge in [0.1, 0.15) is 5.75 Å². The van der Waals surface area contributed by atoms with E-state index in [-0.39, 0.29) is 11.8 Å². The number of ketones is 1. The van der Waals surface area contributed by atoms with Gasteiger partial charge in [-0.2, -0.15) is 0 Å². The number of carbonyl (C=O) groups excluding carboxylic acids is 1. The van der Waals surface area contributed by atoms with Gasteiger partial charge in [-0.1, -0.05) is 12.1 Å². The van der Waals surface area contributed by atoms with E-state index in [0.29, 0.717) is 24.3 Å². The molecule has 0 bridgehead atoms. The van der Waals surface area contributed by atoms with E-state index in [1.807, 2.05) is 31.2 Å². The van der Waals surface area contributed by atoms with Crippen molar-refractivity contribution in [1.29, 1.82) is 0 Å². The number of nitrogens with one attached hydrogen (secondary N) is 1. The number of carbonyl (C=O) groups is 1. The quantitative estimate of drug-likeness (QED) is 0.806. The summed E-state index contributed by atoms with van der Waals surface area (Å²) in [6.45, 7) is 8.69. The zero-order valence-electron chi connectivity index (χ0n) is 12.4. The van der Waals surface area contributed by atoms with E-state index in [4.69, 9.17) is 4.74 Å². The number of benzene rings is 1. The van der Waals surface area contributed by atoms with Crippen molar-refractivity contribution in [2.75, 3.05) is 32.8 Å². The molecule has 1 heterocycles. The molecule has 0 amide bonds. The molecule has 110 valence electrons. The highest BCUT2D eigenvalue weighted by atomic mass is 16.5. The van der Waals surface area contributed by atoms with Crippen LogP contribution in [0.5, 0.6) is 5.75 Å². The van der Waals surface area contributed by atoms with Crippen LogP contribution in [0, 0.1) is 0 Å². The van der Waals surface area contributed by atoms with E-state index in [1.54, 1.807) is 0 Å². The van der Waals surface area contributed by atoms with Crippen LogP contribution in [0.4, 0.5) is 0 Å². The summed E-state index contributed by atoms with van der Waals surface area (Å²) in [6, 6.07) is 7.80. The Morgan fingerprint density at radius 3 is 2.75 bits per heavy atom. The molecule has 0 saturated carbocycles. The van der Waals surface area contributed by atoms with E-state index in [2.05, 4.69) is 17.1 Å². The zero-order valence-corrected chi connectivity index (χ0v) is 12.4. The summed E-state index contributed by atoms with van der Waals surface area (Å²) in [7, 11) is 0. The number of nitrogens with zero attached hydrogens (tertiary/aromatic N) is 1. The van der Waals surface area contributed by atoms with Crippen molar-refractivity contribution in [3.63, 3.8) is 0 Å². The van der Waals surface area contributed by atoms with Crippen LogP contribution in [0.2, 0.25) is 0 Å². The Bertz CT molecular complexity index is 442. The minimum absolute atomic E-state index is 0.167. The Morgan fingerprint density at radius 2 is 2.05 bits per heavy atom. The first kappa shape index (κ1) is 15.0. The highest BCUT2D eigenvalue weighted by Gasteiger charge is 2.21. The summed E-state index contributed by atoms with van der Waals surface area (Å²) >= 11 is 0. The Balaban J connectivity index is 2.00. The van der Waals surface area contributed by atoms with Crippen molar-refractivity contribution in [3.05, 3.63) is 29.8 Å². The fourth-order valence-corrected chi connectivity index (χ4v) is 2.61. The molecule has 1 aromatic rings. The second-order valence-corrected chi connectivity index (χ2v) is 5.19. The highest BCUT2D eigenvalue weighted by molar-refractivity contribution is 5.98. The summed E-state index contributed by atoms with van der Waals surface area (Å²) in [5.41, 5.74) is 0.705. The Hall–Kier alpha value is -1.39. The number of para-hydroxylation sites is 1. The largest absolute Gasteiger partial charge is 0.493 e. The van der Waals surface area contributed by atoms with Crippen LogP contribution in [0.3, 0.4) is 0 Å². The normalized spacial score (nSPS) is 17.7. The molecule has 1 saturated heterocycles. The average Bonchev–Trinajstić information content (AvgIpc) is 2.49. The SMILES string of the molecule is CCOc1ccccc1C(=O)CC(C)N1CCNCC1. The molecule has 2 rings (SSSR count). The first-order chi connectivity index (χ1) is 9.72. The molecule has 1 atom stereocenters. The number of ether oxygens (including phenoxy) is 1. The summed E-state index contributed by atoms with van der Waals surface area (Å²) in [5.74, 6) is 0.868. The fraction of sp³-hybridized carbons (Fsp3) is 0.562. The molecule has 1 aliphatic heterocycles. The van der Waals surface area contributed by atoms with Gasteiger partial charge in [-0.25, -0.2) is 0 Å². The third-order valence-electron chi connectivity index (χ3n) is 3.74. The predicted molar refractivity (Wildman–Crippen MR) is 80.5 cm³/mol. The van der Waals surface area contributed by atoms with Crippen molar-refractivity contribution >= 4 is 5.78 Å². The van der Waals surface area contributed by atoms with Crippen LogP contribution in [0.15, 0.2) is 24.3 Å². The van der Waals surface area contributed by atoms with Crippen molar-refractivity contribution < 1.29 is 9.53 Å². The van der Waals surface area contributed by atoms with E-state index < -0.39 is 0 Å². The topological polar surface area (TPSA) is 41.6 Å². The van der Waals surface area contributed by atoms with E-state index in [1.165, 1.54) is 0 Å². The van der Waals surface area contributed by atoms with Gasteiger partial charge in [0.15, 0.2) is 5.78 Å². The minimum Gasteiger partial charge on any atom is -0.493 e. The third-order valence-corrected chi connectivity index (χ3v) is 3.74. The van der Waals surface area contributed by atoms with Crippen molar-refractivity contribution in [2.24, 2.45) is 0 Å². The van der Waals surface area contributed by atoms with Gasteiger partial charge in [-0.05, 0) is 26.0 Å². The lowest BCUT2D eigenvalue weighted by atomic mass is 10.0. The molecule has 0 radical (unpaired) electrons. The number of Topliss-reactive ketones (excluding diaryl/α,β-unsaturated/α-hetero) is 1. The molecule has 1 unspecified atom stereocenters. The molecule has 4 nitrogen and oxygen atoms in total. The number of piperazine rings is 1. The van der Waals surface area contributed by atoms with Gasteiger partial charge in [-0.3, -0.25) is 9.69 Å². The molecule has 20 heavy (non-hydrogen) atoms. The predicted octanol–water partition coefficient (Wildman–Crippen LogP) is 1.95. The van der Waals surface area contributed by atoms with Crippen LogP contribution in [-0.2, 0) is 0 Å². The Labute approximate surface area is 121 Å². The molecule has 0 aliphatic carbocycles. The first-order valence-corrected chi connectivity index (χ1v) is 7.42. The van der Waals surface area contributed by atoms with Gasteiger partial charge in [-0.15, -0.1) is 0 Å². The van der Waals surface area contributed by atoms with Gasteiger partial charge in [0, 0.05) is 38.6 Å². The van der Waals surface area contributed by atoms with Crippen molar-refractivity contribution in [1.82, 2.24) is 10.2 Å². The van der Waals surface area contributed by atoms with E-state index in [0.717, 1.165) is 26.2 Å². The van der Waals surface area contributed by atoms with Gasteiger partial charge in [0.25, 0.3) is 0 Å². The smallest absolute Gasteiger partial charge is 0.168 e. The first-order valence-electron chi connectivity index (χ1n) is 7.42. The standard InChI is InChI=1S/C16H24N2O2/c1-3-20-16-7-5-4-6-14(16)15(19)12-13(2)18-10-8-17-9-11-18/h4-7,13,17H,3,8-12H2,1-2H3. The second kappa shape index (κ2) is 7.41. The molecule has 1 aliphatic rings. The Morgan fingerprint density at radius 1 is 1.35 bits per heavy atom. The van der Waals surface area contributed by atoms with Crippen LogP contribution < -0.4 is 10.1 Å². The number of hydrogen-bond donors (Lipinski definition) is 1. The van der Waals surface area contributed by atoms with E-state index in [9.17, 15) is 4.79 Å². The van der Waals surface area contributed by atoms with Gasteiger partial charge in [0.05, 0.1) is 12.2 Å². The summed E-state index contributed by atoms with van der Waals surface area (Å²) in [4.78, 5) is 14.8. The minimum atomic E-state index is 0.167. The fourth-order valence-electron chi connectivity index (χ4n) is 2.61. The summed E-state index contributed by atoms with van der Waals surface area (Å²) < 4.78 is 5.54. The molecular weight excluding hydrogens is 252 g/mol. The van der Waals surface area contributed by atoms with E-state index >= 15 is 0 Å². The molecule has 0 aromatic heterocycles. The maximum atomic E-state index is 12.5. The maximum absolute atomic E-state index is 12.5. The average molecular weight is 276 g/mol. The number of rotatable bonds is 6. The van der Waals surface area contributed by atoms with Gasteiger partial charge < -0.3 is 10.1 Å². The zero-order chi connectivity index (χ0) is 14.4. The number of hydrogen-bond acceptors (Lipinski definition) is 4. The van der Waals surface area contributed by atoms with Gasteiger partial charge in [0.2, 0.25) is 0 Å². The lowest BCUT2D eigenvalue weighted by Crippen LogP contribution is -2.48. The van der Waals surface area contributed by atoms with Crippen LogP contribution in [-0.4, -0.2) is 49.5 Å². The van der Waals surface area contributed by atoms with Gasteiger partial charge >= 0.3 is 0 Å². The molecule has 4 heteroatoms.